The minimum atomic E-state index is -0.281. The van der Waals surface area contributed by atoms with Crippen LogP contribution in [-0.4, -0.2) is 10.9 Å². The summed E-state index contributed by atoms with van der Waals surface area (Å²) in [5.74, 6) is 0.124. The topological polar surface area (TPSA) is 42.0 Å². The highest BCUT2D eigenvalue weighted by Crippen LogP contribution is 2.26. The van der Waals surface area contributed by atoms with Gasteiger partial charge in [-0.15, -0.1) is 11.3 Å². The fraction of sp³-hybridized carbons (Fsp3) is 0.238. The molecule has 3 aromatic rings. The average Bonchev–Trinajstić information content (AvgIpc) is 3.10. The molecule has 0 unspecified atom stereocenters. The smallest absolute Gasteiger partial charge is 0.226 e. The molecule has 3 rings (SSSR count). The summed E-state index contributed by atoms with van der Waals surface area (Å²) in [6, 6.07) is 14.5. The van der Waals surface area contributed by atoms with E-state index in [9.17, 15) is 9.18 Å². The van der Waals surface area contributed by atoms with Crippen LogP contribution in [0.2, 0.25) is 0 Å². The molecule has 0 radical (unpaired) electrons. The standard InChI is InChI=1S/C21H21FN2OS/c1-14(2)16-5-7-17(8-6-16)21-24-19(13-26-21)11-20(25)23-12-15-3-9-18(22)10-4-15/h3-10,13-14H,11-12H2,1-2H3,(H,23,25). The van der Waals surface area contributed by atoms with Gasteiger partial charge in [-0.1, -0.05) is 50.2 Å². The van der Waals surface area contributed by atoms with Crippen molar-refractivity contribution in [2.45, 2.75) is 32.7 Å². The number of carbonyl (C=O) groups is 1. The van der Waals surface area contributed by atoms with E-state index in [4.69, 9.17) is 0 Å². The zero-order chi connectivity index (χ0) is 18.5. The highest BCUT2D eigenvalue weighted by Gasteiger charge is 2.09. The Morgan fingerprint density at radius 1 is 1.12 bits per heavy atom. The van der Waals surface area contributed by atoms with Crippen LogP contribution in [0.3, 0.4) is 0 Å². The van der Waals surface area contributed by atoms with Crippen LogP contribution in [0.25, 0.3) is 10.6 Å². The van der Waals surface area contributed by atoms with E-state index in [2.05, 4.69) is 48.4 Å². The predicted octanol–water partition coefficient (Wildman–Crippen LogP) is 4.93. The van der Waals surface area contributed by atoms with Gasteiger partial charge < -0.3 is 5.32 Å². The molecule has 0 aliphatic heterocycles. The van der Waals surface area contributed by atoms with Crippen molar-refractivity contribution in [2.75, 3.05) is 0 Å². The van der Waals surface area contributed by atoms with Gasteiger partial charge in [-0.3, -0.25) is 4.79 Å². The molecule has 3 nitrogen and oxygen atoms in total. The Morgan fingerprint density at radius 2 is 1.81 bits per heavy atom. The Morgan fingerprint density at radius 3 is 2.46 bits per heavy atom. The van der Waals surface area contributed by atoms with Gasteiger partial charge in [0.25, 0.3) is 0 Å². The first-order valence-electron chi connectivity index (χ1n) is 8.57. The number of hydrogen-bond donors (Lipinski definition) is 1. The molecule has 0 saturated carbocycles. The second kappa shape index (κ2) is 8.23. The number of rotatable bonds is 6. The maximum absolute atomic E-state index is 12.9. The molecule has 0 bridgehead atoms. The summed E-state index contributed by atoms with van der Waals surface area (Å²) < 4.78 is 12.9. The number of benzene rings is 2. The zero-order valence-corrected chi connectivity index (χ0v) is 15.6. The number of thiazole rings is 1. The van der Waals surface area contributed by atoms with Crippen molar-refractivity contribution in [3.8, 4) is 10.6 Å². The molecule has 2 aromatic carbocycles. The fourth-order valence-corrected chi connectivity index (χ4v) is 3.39. The van der Waals surface area contributed by atoms with Gasteiger partial charge in [-0.05, 0) is 29.2 Å². The van der Waals surface area contributed by atoms with E-state index < -0.39 is 0 Å². The molecule has 1 heterocycles. The van der Waals surface area contributed by atoms with E-state index in [1.807, 2.05) is 5.38 Å². The Balaban J connectivity index is 1.57. The number of aromatic nitrogens is 1. The third-order valence-electron chi connectivity index (χ3n) is 4.12. The van der Waals surface area contributed by atoms with Gasteiger partial charge in [0.15, 0.2) is 0 Å². The lowest BCUT2D eigenvalue weighted by Gasteiger charge is -2.05. The maximum atomic E-state index is 12.9. The molecule has 26 heavy (non-hydrogen) atoms. The van der Waals surface area contributed by atoms with Gasteiger partial charge >= 0.3 is 0 Å². The number of carbonyl (C=O) groups excluding carboxylic acids is 1. The second-order valence-corrected chi connectivity index (χ2v) is 7.36. The summed E-state index contributed by atoms with van der Waals surface area (Å²) in [5.41, 5.74) is 3.99. The normalized spacial score (nSPS) is 10.9. The molecule has 5 heteroatoms. The first-order valence-corrected chi connectivity index (χ1v) is 9.45. The molecular weight excluding hydrogens is 347 g/mol. The van der Waals surface area contributed by atoms with Crippen molar-refractivity contribution in [2.24, 2.45) is 0 Å². The Hall–Kier alpha value is -2.53. The average molecular weight is 368 g/mol. The van der Waals surface area contributed by atoms with E-state index in [1.165, 1.54) is 17.7 Å². The SMILES string of the molecule is CC(C)c1ccc(-c2nc(CC(=O)NCc3ccc(F)cc3)cs2)cc1. The number of nitrogens with one attached hydrogen (secondary N) is 1. The quantitative estimate of drug-likeness (QED) is 0.670. The van der Waals surface area contributed by atoms with Crippen LogP contribution in [-0.2, 0) is 17.8 Å². The molecule has 0 atom stereocenters. The third kappa shape index (κ3) is 4.76. The van der Waals surface area contributed by atoms with Crippen molar-refractivity contribution >= 4 is 17.2 Å². The molecule has 0 aliphatic carbocycles. The van der Waals surface area contributed by atoms with E-state index >= 15 is 0 Å². The largest absolute Gasteiger partial charge is 0.352 e. The van der Waals surface area contributed by atoms with Gasteiger partial charge in [-0.25, -0.2) is 9.37 Å². The van der Waals surface area contributed by atoms with Crippen molar-refractivity contribution in [1.29, 1.82) is 0 Å². The van der Waals surface area contributed by atoms with Crippen LogP contribution < -0.4 is 5.32 Å². The van der Waals surface area contributed by atoms with Gasteiger partial charge in [0.2, 0.25) is 5.91 Å². The van der Waals surface area contributed by atoms with Crippen molar-refractivity contribution in [3.05, 3.63) is 76.5 Å². The molecule has 0 fully saturated rings. The highest BCUT2D eigenvalue weighted by molar-refractivity contribution is 7.13. The highest BCUT2D eigenvalue weighted by atomic mass is 32.1. The lowest BCUT2D eigenvalue weighted by atomic mass is 10.0. The molecule has 0 saturated heterocycles. The molecular formula is C21H21FN2OS. The lowest BCUT2D eigenvalue weighted by molar-refractivity contribution is -0.120. The summed E-state index contributed by atoms with van der Waals surface area (Å²) in [6.07, 6.45) is 0.238. The lowest BCUT2D eigenvalue weighted by Crippen LogP contribution is -2.24. The maximum Gasteiger partial charge on any atom is 0.226 e. The van der Waals surface area contributed by atoms with Crippen molar-refractivity contribution < 1.29 is 9.18 Å². The first kappa shape index (κ1) is 18.3. The Labute approximate surface area is 156 Å². The van der Waals surface area contributed by atoms with E-state index in [0.717, 1.165) is 21.8 Å². The monoisotopic (exact) mass is 368 g/mol. The van der Waals surface area contributed by atoms with Crippen LogP contribution >= 0.6 is 11.3 Å². The van der Waals surface area contributed by atoms with E-state index in [1.54, 1.807) is 23.5 Å². The van der Waals surface area contributed by atoms with Crippen LogP contribution in [0.4, 0.5) is 4.39 Å². The third-order valence-corrected chi connectivity index (χ3v) is 5.06. The zero-order valence-electron chi connectivity index (χ0n) is 14.8. The molecule has 1 aromatic heterocycles. The summed E-state index contributed by atoms with van der Waals surface area (Å²) in [7, 11) is 0. The van der Waals surface area contributed by atoms with Crippen LogP contribution in [0.1, 0.15) is 36.6 Å². The minimum Gasteiger partial charge on any atom is -0.352 e. The van der Waals surface area contributed by atoms with Gasteiger partial charge in [0, 0.05) is 17.5 Å². The predicted molar refractivity (Wildman–Crippen MR) is 104 cm³/mol. The van der Waals surface area contributed by atoms with Gasteiger partial charge in [-0.2, -0.15) is 0 Å². The Bertz CT molecular complexity index is 870. The van der Waals surface area contributed by atoms with Gasteiger partial charge in [0.1, 0.15) is 10.8 Å². The van der Waals surface area contributed by atoms with Crippen molar-refractivity contribution in [3.63, 3.8) is 0 Å². The number of hydrogen-bond acceptors (Lipinski definition) is 3. The summed E-state index contributed by atoms with van der Waals surface area (Å²) in [6.45, 7) is 4.72. The number of amides is 1. The Kier molecular flexibility index (Phi) is 5.78. The molecule has 0 aliphatic rings. The van der Waals surface area contributed by atoms with Crippen LogP contribution in [0, 0.1) is 5.82 Å². The number of nitrogens with zero attached hydrogens (tertiary/aromatic N) is 1. The van der Waals surface area contributed by atoms with Crippen LogP contribution in [0.5, 0.6) is 0 Å². The van der Waals surface area contributed by atoms with Crippen LogP contribution in [0.15, 0.2) is 53.9 Å². The first-order chi connectivity index (χ1) is 12.5. The molecule has 0 spiro atoms. The summed E-state index contributed by atoms with van der Waals surface area (Å²) in [5, 5.41) is 5.68. The second-order valence-electron chi connectivity index (χ2n) is 6.50. The molecule has 1 N–H and O–H groups in total. The van der Waals surface area contributed by atoms with E-state index in [-0.39, 0.29) is 18.1 Å². The van der Waals surface area contributed by atoms with Crippen molar-refractivity contribution in [1.82, 2.24) is 10.3 Å². The minimum absolute atomic E-state index is 0.0960. The van der Waals surface area contributed by atoms with Gasteiger partial charge in [0.05, 0.1) is 12.1 Å². The summed E-state index contributed by atoms with van der Waals surface area (Å²) >= 11 is 1.54. The molecule has 134 valence electrons. The number of halogens is 1. The fourth-order valence-electron chi connectivity index (χ4n) is 2.56. The van der Waals surface area contributed by atoms with E-state index in [0.29, 0.717) is 12.5 Å². The molecule has 1 amide bonds. The summed E-state index contributed by atoms with van der Waals surface area (Å²) in [4.78, 5) is 16.7.